The number of nitrogens with zero attached hydrogens (tertiary/aromatic N) is 3. The molecule has 0 radical (unpaired) electrons. The average molecular weight is 367 g/mol. The van der Waals surface area contributed by atoms with Gasteiger partial charge in [-0.15, -0.1) is 0 Å². The lowest BCUT2D eigenvalue weighted by molar-refractivity contribution is 0.287. The Labute approximate surface area is 160 Å². The molecule has 0 bridgehead atoms. The maximum Gasteiger partial charge on any atom is 0.319 e. The molecular formula is C21H29N5O. The number of aromatic nitrogens is 3. The number of ether oxygens (including phenoxy) is 1. The monoisotopic (exact) mass is 367 g/mol. The number of fused-ring (bicyclic) bond motifs is 2. The summed E-state index contributed by atoms with van der Waals surface area (Å²) in [5.74, 6) is 0.962. The number of allylic oxidation sites excluding steroid dienone is 2. The number of nitrogens with one attached hydrogen (secondary N) is 1. The first-order chi connectivity index (χ1) is 13.1. The van der Waals surface area contributed by atoms with Crippen molar-refractivity contribution in [2.75, 3.05) is 32.5 Å². The molecule has 6 nitrogen and oxygen atoms in total. The largest absolute Gasteiger partial charge is 0.463 e. The maximum atomic E-state index is 6.12. The van der Waals surface area contributed by atoms with E-state index in [1.807, 2.05) is 6.20 Å². The van der Waals surface area contributed by atoms with Crippen LogP contribution in [0.5, 0.6) is 6.01 Å². The molecule has 1 atom stereocenters. The molecule has 3 N–H and O–H groups in total. The van der Waals surface area contributed by atoms with E-state index in [1.54, 1.807) is 0 Å². The van der Waals surface area contributed by atoms with Crippen LogP contribution in [0.3, 0.4) is 0 Å². The number of hydrogen-bond acceptors (Lipinski definition) is 5. The number of rotatable bonds is 6. The molecule has 2 aromatic rings. The van der Waals surface area contributed by atoms with Crippen LogP contribution in [0, 0.1) is 5.92 Å². The third-order valence-electron chi connectivity index (χ3n) is 5.54. The first-order valence-electron chi connectivity index (χ1n) is 9.99. The van der Waals surface area contributed by atoms with Crippen LogP contribution in [-0.2, 0) is 6.42 Å². The van der Waals surface area contributed by atoms with Crippen molar-refractivity contribution in [3.8, 4) is 6.01 Å². The minimum Gasteiger partial charge on any atom is -0.463 e. The fourth-order valence-electron chi connectivity index (χ4n) is 3.99. The van der Waals surface area contributed by atoms with E-state index in [0.29, 0.717) is 24.4 Å². The van der Waals surface area contributed by atoms with Crippen molar-refractivity contribution in [3.05, 3.63) is 35.1 Å². The van der Waals surface area contributed by atoms with Gasteiger partial charge in [-0.3, -0.25) is 0 Å². The van der Waals surface area contributed by atoms with Gasteiger partial charge in [-0.2, -0.15) is 9.97 Å². The number of nitrogen functional groups attached to an aromatic ring is 1. The summed E-state index contributed by atoms with van der Waals surface area (Å²) < 4.78 is 5.69. The Hall–Kier alpha value is -2.34. The summed E-state index contributed by atoms with van der Waals surface area (Å²) in [7, 11) is 2.19. The van der Waals surface area contributed by atoms with E-state index >= 15 is 0 Å². The number of nitrogens with two attached hydrogens (primary N) is 1. The molecule has 27 heavy (non-hydrogen) atoms. The Balaban J connectivity index is 1.53. The molecule has 1 aliphatic heterocycles. The lowest BCUT2D eigenvalue weighted by Gasteiger charge is -2.31. The summed E-state index contributed by atoms with van der Waals surface area (Å²) in [4.78, 5) is 14.6. The van der Waals surface area contributed by atoms with E-state index in [4.69, 9.17) is 10.5 Å². The van der Waals surface area contributed by atoms with Gasteiger partial charge in [0.2, 0.25) is 0 Å². The third-order valence-corrected chi connectivity index (χ3v) is 5.54. The number of likely N-dealkylation sites (tertiary alicyclic amines) is 1. The molecule has 6 heteroatoms. The number of H-pyrrole nitrogens is 1. The molecule has 2 aromatic heterocycles. The van der Waals surface area contributed by atoms with Crippen molar-refractivity contribution in [3.63, 3.8) is 0 Å². The molecule has 1 aliphatic carbocycles. The minimum atomic E-state index is 0.383. The smallest absolute Gasteiger partial charge is 0.319 e. The number of unbranched alkanes of at least 4 members (excludes halogenated alkanes) is 1. The summed E-state index contributed by atoms with van der Waals surface area (Å²) in [5.41, 5.74) is 12.1. The Morgan fingerprint density at radius 3 is 3.07 bits per heavy atom. The van der Waals surface area contributed by atoms with Crippen molar-refractivity contribution in [2.24, 2.45) is 5.92 Å². The molecule has 0 spiro atoms. The molecule has 0 amide bonds. The van der Waals surface area contributed by atoms with Crippen molar-refractivity contribution in [1.29, 1.82) is 0 Å². The van der Waals surface area contributed by atoms with Gasteiger partial charge >= 0.3 is 6.01 Å². The van der Waals surface area contributed by atoms with Gasteiger partial charge in [0.05, 0.1) is 6.61 Å². The fraction of sp³-hybridized carbons (Fsp3) is 0.524. The Bertz CT molecular complexity index is 882. The normalized spacial score (nSPS) is 20.3. The highest BCUT2D eigenvalue weighted by Crippen LogP contribution is 2.32. The van der Waals surface area contributed by atoms with E-state index in [0.717, 1.165) is 56.2 Å². The van der Waals surface area contributed by atoms with Crippen molar-refractivity contribution in [1.82, 2.24) is 19.9 Å². The third kappa shape index (κ3) is 3.86. The van der Waals surface area contributed by atoms with Crippen molar-refractivity contribution >= 4 is 16.9 Å². The van der Waals surface area contributed by atoms with Crippen LogP contribution in [0.2, 0.25) is 0 Å². The van der Waals surface area contributed by atoms with Gasteiger partial charge in [0.1, 0.15) is 11.0 Å². The van der Waals surface area contributed by atoms with Crippen LogP contribution in [0.25, 0.3) is 11.0 Å². The number of hydrogen-bond donors (Lipinski definition) is 2. The minimum absolute atomic E-state index is 0.383. The van der Waals surface area contributed by atoms with Gasteiger partial charge in [-0.25, -0.2) is 0 Å². The highest BCUT2D eigenvalue weighted by molar-refractivity contribution is 5.87. The average Bonchev–Trinajstić information content (AvgIpc) is 3.05. The van der Waals surface area contributed by atoms with E-state index in [1.165, 1.54) is 16.7 Å². The molecule has 1 saturated heterocycles. The topological polar surface area (TPSA) is 80.1 Å². The molecule has 2 aliphatic rings. The summed E-state index contributed by atoms with van der Waals surface area (Å²) in [6.45, 7) is 4.98. The van der Waals surface area contributed by atoms with Crippen molar-refractivity contribution in [2.45, 2.75) is 39.0 Å². The SMILES string of the molecule is CCCCOc1nc(N)c2[nH]cc(CC3C=C4CCN(C)CC4=CC3)c2n1. The van der Waals surface area contributed by atoms with Crippen LogP contribution in [-0.4, -0.2) is 46.6 Å². The lowest BCUT2D eigenvalue weighted by atomic mass is 9.84. The van der Waals surface area contributed by atoms with Gasteiger partial charge in [0.15, 0.2) is 5.82 Å². The predicted molar refractivity (Wildman–Crippen MR) is 109 cm³/mol. The first kappa shape index (κ1) is 18.0. The second kappa shape index (κ2) is 7.72. The second-order valence-electron chi connectivity index (χ2n) is 7.74. The van der Waals surface area contributed by atoms with Crippen LogP contribution >= 0.6 is 0 Å². The highest BCUT2D eigenvalue weighted by atomic mass is 16.5. The zero-order valence-electron chi connectivity index (χ0n) is 16.3. The Morgan fingerprint density at radius 1 is 1.33 bits per heavy atom. The lowest BCUT2D eigenvalue weighted by Crippen LogP contribution is -2.30. The molecule has 3 heterocycles. The molecule has 0 saturated carbocycles. The first-order valence-corrected chi connectivity index (χ1v) is 9.99. The van der Waals surface area contributed by atoms with Gasteiger partial charge in [-0.05, 0) is 55.4 Å². The van der Waals surface area contributed by atoms with Gasteiger partial charge in [0, 0.05) is 19.3 Å². The Kier molecular flexibility index (Phi) is 5.16. The Morgan fingerprint density at radius 2 is 2.22 bits per heavy atom. The van der Waals surface area contributed by atoms with E-state index < -0.39 is 0 Å². The fourth-order valence-corrected chi connectivity index (χ4v) is 3.99. The number of piperidine rings is 1. The number of likely N-dealkylation sites (N-methyl/N-ethyl adjacent to an activating group) is 1. The summed E-state index contributed by atoms with van der Waals surface area (Å²) in [5, 5.41) is 0. The molecule has 144 valence electrons. The molecular weight excluding hydrogens is 338 g/mol. The number of anilines is 1. The van der Waals surface area contributed by atoms with Crippen LogP contribution in [0.1, 0.15) is 38.2 Å². The molecule has 1 unspecified atom stereocenters. The highest BCUT2D eigenvalue weighted by Gasteiger charge is 2.22. The van der Waals surface area contributed by atoms with Gasteiger partial charge in [-0.1, -0.05) is 25.5 Å². The molecule has 4 rings (SSSR count). The standard InChI is InChI=1S/C21H29N5O/c1-3-4-9-27-21-24-18-17(12-23-19(18)20(22)25-21)11-14-5-6-16-13-26(2)8-7-15(16)10-14/h6,10,12,14,23H,3-5,7-9,11,13H2,1-2H3,(H2,22,24,25). The predicted octanol–water partition coefficient (Wildman–Crippen LogP) is 3.47. The summed E-state index contributed by atoms with van der Waals surface area (Å²) in [6, 6.07) is 0.383. The quantitative estimate of drug-likeness (QED) is 0.764. The van der Waals surface area contributed by atoms with E-state index in [-0.39, 0.29) is 0 Å². The van der Waals surface area contributed by atoms with Gasteiger partial charge < -0.3 is 20.4 Å². The summed E-state index contributed by atoms with van der Waals surface area (Å²) >= 11 is 0. The van der Waals surface area contributed by atoms with Crippen molar-refractivity contribution < 1.29 is 4.74 Å². The maximum absolute atomic E-state index is 6.12. The van der Waals surface area contributed by atoms with Crippen LogP contribution in [0.15, 0.2) is 29.5 Å². The molecule has 1 fully saturated rings. The zero-order valence-corrected chi connectivity index (χ0v) is 16.3. The van der Waals surface area contributed by atoms with E-state index in [2.05, 4.69) is 46.0 Å². The summed E-state index contributed by atoms with van der Waals surface area (Å²) in [6.07, 6.45) is 12.2. The molecule has 0 aromatic carbocycles. The second-order valence-corrected chi connectivity index (χ2v) is 7.74. The van der Waals surface area contributed by atoms with E-state index in [9.17, 15) is 0 Å². The van der Waals surface area contributed by atoms with Gasteiger partial charge in [0.25, 0.3) is 0 Å². The van der Waals surface area contributed by atoms with Crippen LogP contribution in [0.4, 0.5) is 5.82 Å². The number of aromatic amines is 1. The zero-order chi connectivity index (χ0) is 18.8. The van der Waals surface area contributed by atoms with Crippen LogP contribution < -0.4 is 10.5 Å².